The Morgan fingerprint density at radius 1 is 1.23 bits per heavy atom. The van der Waals surface area contributed by atoms with Gasteiger partial charge < -0.3 is 10.4 Å². The van der Waals surface area contributed by atoms with E-state index in [1.54, 1.807) is 0 Å². The Labute approximate surface area is 76.1 Å². The lowest BCUT2D eigenvalue weighted by atomic mass is 10.2. The second-order valence-electron chi connectivity index (χ2n) is 2.73. The Bertz CT molecular complexity index is 212. The predicted octanol–water partition coefficient (Wildman–Crippen LogP) is -0.0535. The van der Waals surface area contributed by atoms with Gasteiger partial charge in [0, 0.05) is 12.8 Å². The van der Waals surface area contributed by atoms with Crippen molar-refractivity contribution in [1.82, 2.24) is 5.32 Å². The number of aliphatic carboxylic acids is 1. The van der Waals surface area contributed by atoms with Crippen LogP contribution in [0, 0.1) is 0 Å². The summed E-state index contributed by atoms with van der Waals surface area (Å²) in [5, 5.41) is 10.6. The number of amides is 1. The van der Waals surface area contributed by atoms with Gasteiger partial charge in [-0.05, 0) is 13.3 Å². The summed E-state index contributed by atoms with van der Waals surface area (Å²) >= 11 is 0. The van der Waals surface area contributed by atoms with E-state index < -0.39 is 5.97 Å². The molecule has 1 amide bonds. The molecule has 0 saturated carbocycles. The maximum atomic E-state index is 10.9. The highest BCUT2D eigenvalue weighted by Crippen LogP contribution is 1.94. The van der Waals surface area contributed by atoms with Crippen molar-refractivity contribution >= 4 is 17.7 Å². The molecule has 0 saturated heterocycles. The summed E-state index contributed by atoms with van der Waals surface area (Å²) in [5.74, 6) is -1.32. The summed E-state index contributed by atoms with van der Waals surface area (Å²) in [6.07, 6.45) is 0.437. The highest BCUT2D eigenvalue weighted by atomic mass is 16.4. The molecule has 13 heavy (non-hydrogen) atoms. The summed E-state index contributed by atoms with van der Waals surface area (Å²) < 4.78 is 0. The summed E-state index contributed by atoms with van der Waals surface area (Å²) in [5.41, 5.74) is 0. The molecule has 0 aliphatic heterocycles. The van der Waals surface area contributed by atoms with Gasteiger partial charge in [0.15, 0.2) is 0 Å². The quantitative estimate of drug-likeness (QED) is 0.610. The van der Waals surface area contributed by atoms with E-state index in [-0.39, 0.29) is 31.1 Å². The van der Waals surface area contributed by atoms with Crippen molar-refractivity contribution in [1.29, 1.82) is 0 Å². The number of carbonyl (C=O) groups excluding carboxylic acids is 2. The standard InChI is InChI=1S/C8H13NO4/c1-6(10)5-9-7(11)3-2-4-8(12)13/h2-5H2,1H3,(H,9,11)(H,12,13). The zero-order chi connectivity index (χ0) is 10.3. The van der Waals surface area contributed by atoms with E-state index in [0.717, 1.165) is 0 Å². The topological polar surface area (TPSA) is 83.5 Å². The van der Waals surface area contributed by atoms with Crippen LogP contribution in [0.2, 0.25) is 0 Å². The van der Waals surface area contributed by atoms with Crippen LogP contribution in [-0.4, -0.2) is 29.3 Å². The highest BCUT2D eigenvalue weighted by molar-refractivity contribution is 5.84. The third-order valence-corrected chi connectivity index (χ3v) is 1.33. The van der Waals surface area contributed by atoms with Gasteiger partial charge in [-0.2, -0.15) is 0 Å². The second kappa shape index (κ2) is 6.16. The van der Waals surface area contributed by atoms with Crippen molar-refractivity contribution in [2.45, 2.75) is 26.2 Å². The minimum atomic E-state index is -0.917. The van der Waals surface area contributed by atoms with Crippen LogP contribution in [-0.2, 0) is 14.4 Å². The van der Waals surface area contributed by atoms with Gasteiger partial charge in [0.05, 0.1) is 6.54 Å². The number of nitrogens with one attached hydrogen (secondary N) is 1. The minimum absolute atomic E-state index is 0.0197. The van der Waals surface area contributed by atoms with Crippen LogP contribution >= 0.6 is 0 Å². The largest absolute Gasteiger partial charge is 0.481 e. The molecular formula is C8H13NO4. The van der Waals surface area contributed by atoms with E-state index >= 15 is 0 Å². The van der Waals surface area contributed by atoms with E-state index in [2.05, 4.69) is 5.32 Å². The number of ketones is 1. The zero-order valence-corrected chi connectivity index (χ0v) is 7.50. The molecule has 0 aromatic heterocycles. The van der Waals surface area contributed by atoms with Crippen molar-refractivity contribution in [3.8, 4) is 0 Å². The SMILES string of the molecule is CC(=O)CNC(=O)CCCC(=O)O. The Balaban J connectivity index is 3.41. The van der Waals surface area contributed by atoms with Crippen molar-refractivity contribution in [3.05, 3.63) is 0 Å². The molecule has 0 radical (unpaired) electrons. The molecule has 0 aromatic carbocycles. The molecule has 0 rings (SSSR count). The smallest absolute Gasteiger partial charge is 0.303 e. The molecule has 0 fully saturated rings. The molecule has 0 atom stereocenters. The fourth-order valence-electron chi connectivity index (χ4n) is 0.712. The van der Waals surface area contributed by atoms with Crippen molar-refractivity contribution < 1.29 is 19.5 Å². The number of hydrogen-bond donors (Lipinski definition) is 2. The van der Waals surface area contributed by atoms with Gasteiger partial charge >= 0.3 is 5.97 Å². The van der Waals surface area contributed by atoms with Crippen molar-refractivity contribution in [2.24, 2.45) is 0 Å². The molecule has 2 N–H and O–H groups in total. The van der Waals surface area contributed by atoms with Crippen LogP contribution in [0.25, 0.3) is 0 Å². The fourth-order valence-corrected chi connectivity index (χ4v) is 0.712. The first-order valence-electron chi connectivity index (χ1n) is 4.00. The molecule has 0 aliphatic rings. The summed E-state index contributed by atoms with van der Waals surface area (Å²) in [6.45, 7) is 1.39. The first kappa shape index (κ1) is 11.6. The Hall–Kier alpha value is -1.39. The third-order valence-electron chi connectivity index (χ3n) is 1.33. The molecule has 0 aromatic rings. The van der Waals surface area contributed by atoms with E-state index in [1.807, 2.05) is 0 Å². The van der Waals surface area contributed by atoms with Crippen LogP contribution in [0.5, 0.6) is 0 Å². The van der Waals surface area contributed by atoms with Gasteiger partial charge in [-0.25, -0.2) is 0 Å². The number of hydrogen-bond acceptors (Lipinski definition) is 3. The van der Waals surface area contributed by atoms with Gasteiger partial charge in [-0.15, -0.1) is 0 Å². The zero-order valence-electron chi connectivity index (χ0n) is 7.50. The number of rotatable bonds is 6. The first-order valence-corrected chi connectivity index (χ1v) is 4.00. The van der Waals surface area contributed by atoms with Crippen LogP contribution in [0.3, 0.4) is 0 Å². The summed E-state index contributed by atoms with van der Waals surface area (Å²) in [4.78, 5) is 31.4. The fraction of sp³-hybridized carbons (Fsp3) is 0.625. The normalized spacial score (nSPS) is 9.31. The van der Waals surface area contributed by atoms with Crippen LogP contribution < -0.4 is 5.32 Å². The molecular weight excluding hydrogens is 174 g/mol. The van der Waals surface area contributed by atoms with Gasteiger partial charge in [-0.3, -0.25) is 14.4 Å². The molecule has 74 valence electrons. The lowest BCUT2D eigenvalue weighted by Gasteiger charge is -2.00. The summed E-state index contributed by atoms with van der Waals surface area (Å²) in [7, 11) is 0. The lowest BCUT2D eigenvalue weighted by molar-refractivity contribution is -0.137. The number of carboxylic acid groups (broad SMARTS) is 1. The van der Waals surface area contributed by atoms with Crippen LogP contribution in [0.15, 0.2) is 0 Å². The van der Waals surface area contributed by atoms with Gasteiger partial charge in [-0.1, -0.05) is 0 Å². The minimum Gasteiger partial charge on any atom is -0.481 e. The maximum absolute atomic E-state index is 10.9. The molecule has 5 nitrogen and oxygen atoms in total. The highest BCUT2D eigenvalue weighted by Gasteiger charge is 2.03. The van der Waals surface area contributed by atoms with Crippen molar-refractivity contribution in [3.63, 3.8) is 0 Å². The number of carboxylic acids is 1. The molecule has 0 heterocycles. The molecule has 5 heteroatoms. The number of carbonyl (C=O) groups is 3. The van der Waals surface area contributed by atoms with Crippen molar-refractivity contribution in [2.75, 3.05) is 6.54 Å². The van der Waals surface area contributed by atoms with Gasteiger partial charge in [0.2, 0.25) is 5.91 Å². The van der Waals surface area contributed by atoms with E-state index in [1.165, 1.54) is 6.92 Å². The average Bonchev–Trinajstić information content (AvgIpc) is 2.00. The Kier molecular flexibility index (Phi) is 5.50. The first-order chi connectivity index (χ1) is 6.02. The average molecular weight is 187 g/mol. The summed E-state index contributed by atoms with van der Waals surface area (Å²) in [6, 6.07) is 0. The second-order valence-corrected chi connectivity index (χ2v) is 2.73. The predicted molar refractivity (Wildman–Crippen MR) is 45.2 cm³/mol. The Morgan fingerprint density at radius 2 is 1.85 bits per heavy atom. The lowest BCUT2D eigenvalue weighted by Crippen LogP contribution is -2.28. The maximum Gasteiger partial charge on any atom is 0.303 e. The van der Waals surface area contributed by atoms with Crippen LogP contribution in [0.4, 0.5) is 0 Å². The van der Waals surface area contributed by atoms with Crippen LogP contribution in [0.1, 0.15) is 26.2 Å². The van der Waals surface area contributed by atoms with E-state index in [0.29, 0.717) is 6.42 Å². The molecule has 0 bridgehead atoms. The molecule has 0 unspecified atom stereocenters. The van der Waals surface area contributed by atoms with Gasteiger partial charge in [0.25, 0.3) is 0 Å². The molecule has 0 aliphatic carbocycles. The monoisotopic (exact) mass is 187 g/mol. The third kappa shape index (κ3) is 8.52. The number of Topliss-reactive ketones (excluding diaryl/α,β-unsaturated/α-hetero) is 1. The molecule has 0 spiro atoms. The van der Waals surface area contributed by atoms with E-state index in [4.69, 9.17) is 5.11 Å². The van der Waals surface area contributed by atoms with Gasteiger partial charge in [0.1, 0.15) is 5.78 Å². The van der Waals surface area contributed by atoms with E-state index in [9.17, 15) is 14.4 Å². The Morgan fingerprint density at radius 3 is 2.31 bits per heavy atom.